The maximum Gasteiger partial charge on any atom is 0.246 e. The summed E-state index contributed by atoms with van der Waals surface area (Å²) in [6.07, 6.45) is 1.35. The van der Waals surface area contributed by atoms with Gasteiger partial charge in [-0.1, -0.05) is 51.1 Å². The van der Waals surface area contributed by atoms with E-state index in [1.165, 1.54) is 29.3 Å². The Balaban J connectivity index is 1.32. The quantitative estimate of drug-likeness (QED) is 0.420. The predicted octanol–water partition coefficient (Wildman–Crippen LogP) is 4.34. The highest BCUT2D eigenvalue weighted by atomic mass is 32.2. The molecule has 0 unspecified atom stereocenters. The molecular weight excluding hydrogens is 504 g/mol. The zero-order chi connectivity index (χ0) is 27.5. The number of benzene rings is 2. The minimum absolute atomic E-state index is 0.0752. The Labute approximate surface area is 224 Å². The Morgan fingerprint density at radius 2 is 1.63 bits per heavy atom. The lowest BCUT2D eigenvalue weighted by Crippen LogP contribution is -2.48. The highest BCUT2D eigenvalue weighted by Gasteiger charge is 2.31. The van der Waals surface area contributed by atoms with Gasteiger partial charge in [-0.3, -0.25) is 9.69 Å². The highest BCUT2D eigenvalue weighted by molar-refractivity contribution is 7.89. The third-order valence-electron chi connectivity index (χ3n) is 6.71. The third-order valence-corrected chi connectivity index (χ3v) is 8.65. The number of aryl methyl sites for hydroxylation is 1. The van der Waals surface area contributed by atoms with Crippen LogP contribution in [0.5, 0.6) is 11.5 Å². The van der Waals surface area contributed by atoms with Gasteiger partial charge in [-0.05, 0) is 41.2 Å². The number of sulfonamides is 1. The molecule has 3 aromatic rings. The first-order valence-electron chi connectivity index (χ1n) is 12.7. The van der Waals surface area contributed by atoms with Gasteiger partial charge in [0.1, 0.15) is 29.3 Å². The van der Waals surface area contributed by atoms with Gasteiger partial charge >= 0.3 is 0 Å². The molecule has 204 valence electrons. The van der Waals surface area contributed by atoms with Crippen LogP contribution in [-0.2, 0) is 28.6 Å². The molecule has 2 heterocycles. The maximum absolute atomic E-state index is 13.2. The maximum atomic E-state index is 13.2. The molecule has 0 radical (unpaired) electrons. The Morgan fingerprint density at radius 1 is 0.947 bits per heavy atom. The van der Waals surface area contributed by atoms with Crippen molar-refractivity contribution in [2.75, 3.05) is 33.3 Å². The van der Waals surface area contributed by atoms with Crippen LogP contribution in [0.25, 0.3) is 0 Å². The first kappa shape index (κ1) is 27.9. The van der Waals surface area contributed by atoms with E-state index < -0.39 is 10.0 Å². The van der Waals surface area contributed by atoms with Crippen molar-refractivity contribution in [3.8, 4) is 11.5 Å². The van der Waals surface area contributed by atoms with E-state index in [0.29, 0.717) is 44.2 Å². The largest absolute Gasteiger partial charge is 0.495 e. The van der Waals surface area contributed by atoms with Gasteiger partial charge in [0.2, 0.25) is 21.2 Å². The average molecular weight is 541 g/mol. The van der Waals surface area contributed by atoms with Gasteiger partial charge < -0.3 is 13.9 Å². The summed E-state index contributed by atoms with van der Waals surface area (Å²) >= 11 is 0. The second-order valence-electron chi connectivity index (χ2n) is 10.6. The summed E-state index contributed by atoms with van der Waals surface area (Å²) in [5.41, 5.74) is 2.96. The van der Waals surface area contributed by atoms with Crippen LogP contribution in [0.2, 0.25) is 0 Å². The van der Waals surface area contributed by atoms with Crippen molar-refractivity contribution in [2.45, 2.75) is 51.2 Å². The number of hydrogen-bond donors (Lipinski definition) is 0. The normalized spacial score (nSPS) is 15.4. The molecular formula is C29H36N2O6S. The average Bonchev–Trinajstić information content (AvgIpc) is 2.88. The molecule has 0 aliphatic carbocycles. The summed E-state index contributed by atoms with van der Waals surface area (Å²) in [6.45, 7) is 10.8. The van der Waals surface area contributed by atoms with Crippen molar-refractivity contribution in [3.05, 3.63) is 87.5 Å². The lowest BCUT2D eigenvalue weighted by atomic mass is 9.87. The molecule has 1 aromatic heterocycles. The summed E-state index contributed by atoms with van der Waals surface area (Å²) in [4.78, 5) is 14.8. The van der Waals surface area contributed by atoms with Gasteiger partial charge in [-0.15, -0.1) is 0 Å². The molecule has 8 nitrogen and oxygen atoms in total. The Hall–Kier alpha value is -3.14. The van der Waals surface area contributed by atoms with Gasteiger partial charge in [0.25, 0.3) is 0 Å². The lowest BCUT2D eigenvalue weighted by molar-refractivity contribution is 0.168. The standard InChI is InChI=1S/C29H36N2O6S/c1-21-6-11-28(26(16-21)35-5)38(33,34)31-14-12-30(13-15-31)18-24-17-25(32)27(20-36-24)37-19-22-7-9-23(10-8-22)29(2,3)4/h6-11,16-17,20H,12-15,18-19H2,1-5H3. The summed E-state index contributed by atoms with van der Waals surface area (Å²) < 4.78 is 44.6. The van der Waals surface area contributed by atoms with E-state index in [1.54, 1.807) is 18.2 Å². The Kier molecular flexibility index (Phi) is 8.30. The topological polar surface area (TPSA) is 89.3 Å². The third kappa shape index (κ3) is 6.46. The van der Waals surface area contributed by atoms with Crippen LogP contribution in [0.15, 0.2) is 68.9 Å². The molecule has 0 saturated carbocycles. The van der Waals surface area contributed by atoms with Crippen LogP contribution in [0, 0.1) is 6.92 Å². The molecule has 2 aromatic carbocycles. The number of nitrogens with zero attached hydrogens (tertiary/aromatic N) is 2. The van der Waals surface area contributed by atoms with E-state index in [2.05, 4.69) is 37.8 Å². The van der Waals surface area contributed by atoms with Crippen LogP contribution in [-0.4, -0.2) is 50.9 Å². The summed E-state index contributed by atoms with van der Waals surface area (Å²) in [6, 6.07) is 14.7. The molecule has 38 heavy (non-hydrogen) atoms. The van der Waals surface area contributed by atoms with Crippen molar-refractivity contribution in [1.29, 1.82) is 0 Å². The number of ether oxygens (including phenoxy) is 2. The number of rotatable bonds is 8. The summed E-state index contributed by atoms with van der Waals surface area (Å²) in [7, 11) is -2.21. The molecule has 1 saturated heterocycles. The van der Waals surface area contributed by atoms with E-state index in [1.807, 2.05) is 19.1 Å². The minimum Gasteiger partial charge on any atom is -0.495 e. The van der Waals surface area contributed by atoms with E-state index in [4.69, 9.17) is 13.9 Å². The first-order valence-corrected chi connectivity index (χ1v) is 14.1. The second-order valence-corrected chi connectivity index (χ2v) is 12.6. The minimum atomic E-state index is -3.68. The molecule has 4 rings (SSSR count). The van der Waals surface area contributed by atoms with Crippen LogP contribution in [0.3, 0.4) is 0 Å². The Morgan fingerprint density at radius 3 is 2.24 bits per heavy atom. The van der Waals surface area contributed by atoms with Gasteiger partial charge in [0, 0.05) is 32.2 Å². The van der Waals surface area contributed by atoms with Gasteiger partial charge in [0.15, 0.2) is 0 Å². The molecule has 0 spiro atoms. The predicted molar refractivity (Wildman–Crippen MR) is 146 cm³/mol. The van der Waals surface area contributed by atoms with E-state index in [9.17, 15) is 13.2 Å². The van der Waals surface area contributed by atoms with Crippen LogP contribution >= 0.6 is 0 Å². The van der Waals surface area contributed by atoms with Gasteiger partial charge in [0.05, 0.1) is 13.7 Å². The lowest BCUT2D eigenvalue weighted by Gasteiger charge is -2.33. The molecule has 9 heteroatoms. The highest BCUT2D eigenvalue weighted by Crippen LogP contribution is 2.28. The van der Waals surface area contributed by atoms with E-state index >= 15 is 0 Å². The Bertz CT molecular complexity index is 1420. The van der Waals surface area contributed by atoms with Crippen molar-refractivity contribution in [1.82, 2.24) is 9.21 Å². The number of piperazine rings is 1. The fourth-order valence-electron chi connectivity index (χ4n) is 4.36. The molecule has 0 N–H and O–H groups in total. The van der Waals surface area contributed by atoms with Gasteiger partial charge in [-0.25, -0.2) is 8.42 Å². The molecule has 1 fully saturated rings. The molecule has 1 aliphatic rings. The second kappa shape index (κ2) is 11.3. The van der Waals surface area contributed by atoms with Crippen LogP contribution < -0.4 is 14.9 Å². The molecule has 1 aliphatic heterocycles. The fraction of sp³-hybridized carbons (Fsp3) is 0.414. The van der Waals surface area contributed by atoms with Crippen molar-refractivity contribution in [2.24, 2.45) is 0 Å². The van der Waals surface area contributed by atoms with Crippen molar-refractivity contribution < 1.29 is 22.3 Å². The van der Waals surface area contributed by atoms with Gasteiger partial charge in [-0.2, -0.15) is 4.31 Å². The zero-order valence-electron chi connectivity index (χ0n) is 22.7. The van der Waals surface area contributed by atoms with Crippen LogP contribution in [0.1, 0.15) is 43.2 Å². The SMILES string of the molecule is COc1cc(C)ccc1S(=O)(=O)N1CCN(Cc2cc(=O)c(OCc3ccc(C(C)(C)C)cc3)co2)CC1. The zero-order valence-corrected chi connectivity index (χ0v) is 23.5. The summed E-state index contributed by atoms with van der Waals surface area (Å²) in [5, 5.41) is 0. The molecule has 0 atom stereocenters. The summed E-state index contributed by atoms with van der Waals surface area (Å²) in [5.74, 6) is 1.02. The monoisotopic (exact) mass is 540 g/mol. The first-order chi connectivity index (χ1) is 18.0. The number of hydrogen-bond acceptors (Lipinski definition) is 7. The van der Waals surface area contributed by atoms with Crippen LogP contribution in [0.4, 0.5) is 0 Å². The smallest absolute Gasteiger partial charge is 0.246 e. The van der Waals surface area contributed by atoms with E-state index in [-0.39, 0.29) is 28.1 Å². The number of methoxy groups -OCH3 is 1. The van der Waals surface area contributed by atoms with Crippen molar-refractivity contribution >= 4 is 10.0 Å². The molecule has 0 bridgehead atoms. The molecule has 0 amide bonds. The fourth-order valence-corrected chi connectivity index (χ4v) is 5.92. The van der Waals surface area contributed by atoms with Crippen molar-refractivity contribution in [3.63, 3.8) is 0 Å². The van der Waals surface area contributed by atoms with E-state index in [0.717, 1.165) is 11.1 Å².